The van der Waals surface area contributed by atoms with E-state index in [0.29, 0.717) is 73.4 Å². The maximum absolute atomic E-state index is 17.2. The van der Waals surface area contributed by atoms with E-state index in [1.807, 2.05) is 100 Å². The van der Waals surface area contributed by atoms with Crippen molar-refractivity contribution in [2.45, 2.75) is 97.2 Å². The molecule has 4 N–H and O–H groups in total. The minimum atomic E-state index is -1.00. The summed E-state index contributed by atoms with van der Waals surface area (Å²) in [5.41, 5.74) is 4.46. The summed E-state index contributed by atoms with van der Waals surface area (Å²) < 4.78 is 35.4. The van der Waals surface area contributed by atoms with Gasteiger partial charge in [0.05, 0.1) is 52.6 Å². The second-order valence-corrected chi connectivity index (χ2v) is 23.5. The zero-order valence-corrected chi connectivity index (χ0v) is 48.2. The standard InChI is InChI=1S/C60H71ClFN9O9S/c1-8-50(75)69-21-23-70(24-22-69)56-46-30-47(61)51(45-28-41(72)27-40-11-9-10-12-44(40)45)52(62)53(46)66-59(67-56)80-35(2)31-68-19-17-43(18-20-68)79-26-25-78-33-49(74)65-55(60(5,6)7)58(77)71-32-42(73)29-48(71)57(76)64-36(3)38-13-15-39(16-14-38)54-37(4)63-34-81-54/h8-16,27-28,30,34-36,42-43,48,55,72-73H,1,17-26,29,31-33H2,2-7H3,(H,64,76)(H,65,74)/t35-,36+,42+,48+,55-/m1/s1. The second-order valence-electron chi connectivity index (χ2n) is 22.2. The summed E-state index contributed by atoms with van der Waals surface area (Å²) in [5, 5.41) is 29.2. The van der Waals surface area contributed by atoms with Crippen LogP contribution in [0.1, 0.15) is 71.2 Å². The first-order chi connectivity index (χ1) is 38.8. The molecule has 3 aliphatic rings. The Hall–Kier alpha value is -6.81. The van der Waals surface area contributed by atoms with E-state index in [4.69, 9.17) is 30.8 Å². The summed E-state index contributed by atoms with van der Waals surface area (Å²) in [7, 11) is 0. The minimum Gasteiger partial charge on any atom is -0.508 e. The average Bonchev–Trinajstić information content (AvgIpc) is 4.12. The molecule has 0 unspecified atom stereocenters. The van der Waals surface area contributed by atoms with Crippen molar-refractivity contribution in [2.75, 3.05) is 77.1 Å². The topological polar surface area (TPSA) is 212 Å². The molecule has 3 aliphatic heterocycles. The zero-order chi connectivity index (χ0) is 57.7. The first kappa shape index (κ1) is 58.8. The first-order valence-corrected chi connectivity index (χ1v) is 28.8. The molecule has 4 amide bonds. The molecule has 0 spiro atoms. The lowest BCUT2D eigenvalue weighted by Crippen LogP contribution is -2.58. The number of halogens is 2. The summed E-state index contributed by atoms with van der Waals surface area (Å²) in [5.74, 6) is -1.81. The second kappa shape index (κ2) is 25.5. The predicted molar refractivity (Wildman–Crippen MR) is 311 cm³/mol. The van der Waals surface area contributed by atoms with Crippen molar-refractivity contribution in [2.24, 2.45) is 5.41 Å². The van der Waals surface area contributed by atoms with E-state index < -0.39 is 47.3 Å². The minimum absolute atomic E-state index is 0.00723. The number of nitrogens with zero attached hydrogens (tertiary/aromatic N) is 7. The van der Waals surface area contributed by atoms with E-state index in [2.05, 4.69) is 32.1 Å². The third-order valence-electron chi connectivity index (χ3n) is 15.3. The number of hydrogen-bond acceptors (Lipinski definition) is 15. The molecule has 9 rings (SSSR count). The van der Waals surface area contributed by atoms with Crippen LogP contribution in [0.2, 0.25) is 5.02 Å². The highest BCUT2D eigenvalue weighted by Gasteiger charge is 2.45. The Kier molecular flexibility index (Phi) is 18.6. The van der Waals surface area contributed by atoms with Gasteiger partial charge < -0.3 is 49.8 Å². The molecule has 3 saturated heterocycles. The molecule has 6 aromatic rings. The van der Waals surface area contributed by atoms with Crippen molar-refractivity contribution in [1.82, 2.24) is 40.3 Å². The Morgan fingerprint density at radius 1 is 0.951 bits per heavy atom. The summed E-state index contributed by atoms with van der Waals surface area (Å²) in [6.45, 7) is 18.5. The van der Waals surface area contributed by atoms with Crippen LogP contribution < -0.4 is 20.3 Å². The van der Waals surface area contributed by atoms with E-state index in [1.165, 1.54) is 17.0 Å². The van der Waals surface area contributed by atoms with Gasteiger partial charge in [-0.25, -0.2) is 9.37 Å². The number of aryl methyl sites for hydroxylation is 1. The fourth-order valence-electron chi connectivity index (χ4n) is 11.0. The van der Waals surface area contributed by atoms with Crippen molar-refractivity contribution >= 4 is 74.1 Å². The van der Waals surface area contributed by atoms with Crippen molar-refractivity contribution in [1.29, 1.82) is 0 Å². The third kappa shape index (κ3) is 13.8. The van der Waals surface area contributed by atoms with Crippen molar-refractivity contribution in [3.05, 3.63) is 107 Å². The van der Waals surface area contributed by atoms with Crippen LogP contribution in [0.25, 0.3) is 43.2 Å². The Morgan fingerprint density at radius 3 is 2.37 bits per heavy atom. The molecule has 81 heavy (non-hydrogen) atoms. The van der Waals surface area contributed by atoms with Gasteiger partial charge in [-0.15, -0.1) is 11.3 Å². The smallest absolute Gasteiger partial charge is 0.319 e. The van der Waals surface area contributed by atoms with Crippen LogP contribution in [0.4, 0.5) is 10.2 Å². The Morgan fingerprint density at radius 2 is 1.68 bits per heavy atom. The normalized spacial score (nSPS) is 18.5. The number of aliphatic hydroxyl groups excluding tert-OH is 1. The molecule has 2 aromatic heterocycles. The molecular weight excluding hydrogens is 1080 g/mol. The number of β-amino-alcohol motifs (C(OH)–C–C–N with tert-alkyl or cyclic N) is 1. The lowest BCUT2D eigenvalue weighted by atomic mass is 9.85. The number of nitrogens with one attached hydrogen (secondary N) is 2. The monoisotopic (exact) mass is 1150 g/mol. The number of rotatable bonds is 19. The maximum atomic E-state index is 17.2. The molecule has 430 valence electrons. The van der Waals surface area contributed by atoms with Crippen molar-refractivity contribution in [3.63, 3.8) is 0 Å². The van der Waals surface area contributed by atoms with Gasteiger partial charge >= 0.3 is 6.01 Å². The van der Waals surface area contributed by atoms with Crippen LogP contribution in [0.15, 0.2) is 84.9 Å². The van der Waals surface area contributed by atoms with Crippen LogP contribution in [0, 0.1) is 18.2 Å². The lowest BCUT2D eigenvalue weighted by molar-refractivity contribution is -0.144. The highest BCUT2D eigenvalue weighted by atomic mass is 35.5. The number of benzene rings is 4. The number of hydrogen-bond donors (Lipinski definition) is 4. The number of piperazine rings is 1. The molecule has 3 fully saturated rings. The maximum Gasteiger partial charge on any atom is 0.319 e. The summed E-state index contributed by atoms with van der Waals surface area (Å²) in [6.07, 6.45) is 1.49. The molecular formula is C60H71ClFN9O9S. The van der Waals surface area contributed by atoms with E-state index >= 15 is 4.39 Å². The van der Waals surface area contributed by atoms with Crippen LogP contribution in [0.5, 0.6) is 11.8 Å². The molecule has 0 saturated carbocycles. The predicted octanol–water partition coefficient (Wildman–Crippen LogP) is 7.85. The Bertz CT molecular complexity index is 3270. The summed E-state index contributed by atoms with van der Waals surface area (Å²) in [4.78, 5) is 75.9. The lowest BCUT2D eigenvalue weighted by Gasteiger charge is -2.35. The number of carbonyl (C=O) groups excluding carboxylic acids is 4. The van der Waals surface area contributed by atoms with Crippen molar-refractivity contribution in [3.8, 4) is 33.3 Å². The number of piperidine rings is 1. The molecule has 18 nitrogen and oxygen atoms in total. The number of ether oxygens (including phenoxy) is 3. The van der Waals surface area contributed by atoms with Gasteiger partial charge in [0.15, 0.2) is 5.82 Å². The molecule has 0 aliphatic carbocycles. The first-order valence-electron chi connectivity index (χ1n) is 27.5. The van der Waals surface area contributed by atoms with E-state index in [9.17, 15) is 29.4 Å². The van der Waals surface area contributed by atoms with Gasteiger partial charge in [0, 0.05) is 69.7 Å². The van der Waals surface area contributed by atoms with Gasteiger partial charge in [-0.3, -0.25) is 24.1 Å². The summed E-state index contributed by atoms with van der Waals surface area (Å²) >= 11 is 8.50. The van der Waals surface area contributed by atoms with Crippen LogP contribution in [-0.2, 0) is 28.7 Å². The largest absolute Gasteiger partial charge is 0.508 e. The van der Waals surface area contributed by atoms with Crippen LogP contribution in [0.3, 0.4) is 0 Å². The number of anilines is 1. The molecule has 0 radical (unpaired) electrons. The summed E-state index contributed by atoms with van der Waals surface area (Å²) in [6, 6.07) is 17.7. The highest BCUT2D eigenvalue weighted by molar-refractivity contribution is 7.13. The Labute approximate surface area is 480 Å². The number of aromatic nitrogens is 3. The van der Waals surface area contributed by atoms with Gasteiger partial charge in [-0.1, -0.05) is 87.5 Å². The molecule has 5 heterocycles. The van der Waals surface area contributed by atoms with Crippen LogP contribution in [-0.4, -0.2) is 166 Å². The number of phenols is 1. The van der Waals surface area contributed by atoms with Gasteiger partial charge in [-0.2, -0.15) is 9.97 Å². The SMILES string of the molecule is C=CC(=O)N1CCN(c2nc(O[C@H](C)CN3CCC(OCCOCC(=O)N[C@H](C(=O)N4C[C@@H](O)C[C@H]4C(=O)N[C@@H](C)c4ccc(-c5scnc5C)cc4)C(C)(C)C)CC3)nc3c(F)c(-c4cc(O)cc5ccccc45)c(Cl)cc23)CC1. The quantitative estimate of drug-likeness (QED) is 0.0450. The number of thiazole rings is 1. The molecule has 0 bridgehead atoms. The van der Waals surface area contributed by atoms with Crippen molar-refractivity contribution < 1.29 is 48.0 Å². The highest BCUT2D eigenvalue weighted by Crippen LogP contribution is 2.43. The third-order valence-corrected chi connectivity index (χ3v) is 16.5. The fraction of sp³-hybridized carbons (Fsp3) is 0.450. The van der Waals surface area contributed by atoms with E-state index in [0.717, 1.165) is 34.5 Å². The molecule has 21 heteroatoms. The number of aliphatic hydroxyl groups is 1. The van der Waals surface area contributed by atoms with Crippen LogP contribution >= 0.6 is 22.9 Å². The molecule has 5 atom stereocenters. The average molecular weight is 1150 g/mol. The Balaban J connectivity index is 0.753. The number of likely N-dealkylation sites (tertiary alicyclic amines) is 2. The number of fused-ring (bicyclic) bond motifs is 2. The van der Waals surface area contributed by atoms with Gasteiger partial charge in [0.2, 0.25) is 23.6 Å². The zero-order valence-electron chi connectivity index (χ0n) is 46.6. The van der Waals surface area contributed by atoms with E-state index in [-0.39, 0.29) is 84.6 Å². The number of carbonyl (C=O) groups is 4. The fourth-order valence-corrected chi connectivity index (χ4v) is 12.1. The number of aromatic hydroxyl groups is 1. The van der Waals surface area contributed by atoms with E-state index in [1.54, 1.807) is 28.4 Å². The molecule has 4 aromatic carbocycles. The van der Waals surface area contributed by atoms with Gasteiger partial charge in [0.25, 0.3) is 0 Å². The number of phenolic OH excluding ortho intramolecular Hbond substituents is 1. The van der Waals surface area contributed by atoms with Gasteiger partial charge in [0.1, 0.15) is 41.9 Å². The van der Waals surface area contributed by atoms with Gasteiger partial charge in [-0.05, 0) is 90.8 Å². The number of amides is 4.